The van der Waals surface area contributed by atoms with Gasteiger partial charge in [-0.05, 0) is 41.5 Å². The van der Waals surface area contributed by atoms with Gasteiger partial charge in [-0.25, -0.2) is 4.79 Å². The zero-order valence-corrected chi connectivity index (χ0v) is 9.98. The Hall–Kier alpha value is -2.75. The van der Waals surface area contributed by atoms with E-state index in [2.05, 4.69) is 9.97 Å². The van der Waals surface area contributed by atoms with E-state index < -0.39 is 0 Å². The number of aromatic nitrogens is 2. The van der Waals surface area contributed by atoms with Gasteiger partial charge in [0.25, 0.3) is 0 Å². The van der Waals surface area contributed by atoms with Crippen LogP contribution in [-0.4, -0.2) is 15.9 Å². The lowest BCUT2D eigenvalue weighted by Crippen LogP contribution is -1.97. The van der Waals surface area contributed by atoms with E-state index in [4.69, 9.17) is 4.74 Å². The van der Waals surface area contributed by atoms with Crippen LogP contribution < -0.4 is 0 Å². The summed E-state index contributed by atoms with van der Waals surface area (Å²) >= 11 is 0. The first kappa shape index (κ1) is 11.3. The number of hydrogen-bond acceptors (Lipinski definition) is 4. The highest BCUT2D eigenvalue weighted by atomic mass is 16.5. The fourth-order valence-corrected chi connectivity index (χ4v) is 1.94. The fraction of sp³-hybridized carbons (Fsp3) is 0. The highest BCUT2D eigenvalue weighted by molar-refractivity contribution is 5.92. The Kier molecular flexibility index (Phi) is 2.90. The molecule has 92 valence electrons. The molecule has 0 aliphatic carbocycles. The highest BCUT2D eigenvalue weighted by Gasteiger charge is 2.17. The Balaban J connectivity index is 2.18. The number of rotatable bonds is 2. The van der Waals surface area contributed by atoms with Crippen LogP contribution >= 0.6 is 0 Å². The molecule has 0 amide bonds. The third-order valence-corrected chi connectivity index (χ3v) is 2.77. The van der Waals surface area contributed by atoms with Crippen LogP contribution in [0.15, 0.2) is 67.0 Å². The summed E-state index contributed by atoms with van der Waals surface area (Å²) in [7, 11) is 0. The zero-order valence-electron chi connectivity index (χ0n) is 9.98. The van der Waals surface area contributed by atoms with Gasteiger partial charge in [0, 0.05) is 36.4 Å². The Morgan fingerprint density at radius 3 is 1.79 bits per heavy atom. The first-order valence-electron chi connectivity index (χ1n) is 5.79. The van der Waals surface area contributed by atoms with Crippen molar-refractivity contribution in [1.29, 1.82) is 0 Å². The van der Waals surface area contributed by atoms with Crippen LogP contribution in [0.5, 0.6) is 0 Å². The van der Waals surface area contributed by atoms with Crippen molar-refractivity contribution in [3.8, 4) is 0 Å². The molecule has 3 heterocycles. The quantitative estimate of drug-likeness (QED) is 0.768. The van der Waals surface area contributed by atoms with Gasteiger partial charge in [0.15, 0.2) is 0 Å². The molecule has 0 saturated carbocycles. The lowest BCUT2D eigenvalue weighted by atomic mass is 9.98. The van der Waals surface area contributed by atoms with Crippen LogP contribution in [0, 0.1) is 0 Å². The maximum absolute atomic E-state index is 11.3. The molecule has 0 N–H and O–H groups in total. The first-order valence-corrected chi connectivity index (χ1v) is 5.79. The Morgan fingerprint density at radius 1 is 0.842 bits per heavy atom. The van der Waals surface area contributed by atoms with Crippen LogP contribution in [0.2, 0.25) is 0 Å². The average molecular weight is 250 g/mol. The zero-order chi connectivity index (χ0) is 13.1. The number of pyridine rings is 2. The largest absolute Gasteiger partial charge is 0.423 e. The molecule has 4 heteroatoms. The molecule has 1 aliphatic heterocycles. The van der Waals surface area contributed by atoms with Gasteiger partial charge in [-0.1, -0.05) is 0 Å². The van der Waals surface area contributed by atoms with Crippen LogP contribution in [0.3, 0.4) is 0 Å². The number of hydrogen-bond donors (Lipinski definition) is 0. The maximum Gasteiger partial charge on any atom is 0.336 e. The number of carbonyl (C=O) groups excluding carboxylic acids is 1. The minimum absolute atomic E-state index is 0.351. The number of nitrogens with zero attached hydrogens (tertiary/aromatic N) is 2. The number of esters is 1. The average Bonchev–Trinajstić information content (AvgIpc) is 2.88. The minimum Gasteiger partial charge on any atom is -0.423 e. The summed E-state index contributed by atoms with van der Waals surface area (Å²) in [5.41, 5.74) is 2.73. The molecule has 19 heavy (non-hydrogen) atoms. The summed E-state index contributed by atoms with van der Waals surface area (Å²) in [5.74, 6) is 0.193. The van der Waals surface area contributed by atoms with Gasteiger partial charge >= 0.3 is 5.97 Å². The molecule has 2 aromatic heterocycles. The van der Waals surface area contributed by atoms with Crippen molar-refractivity contribution >= 4 is 11.5 Å². The van der Waals surface area contributed by atoms with E-state index in [1.807, 2.05) is 24.3 Å². The number of ether oxygens (including phenoxy) is 1. The Bertz CT molecular complexity index is 620. The van der Waals surface area contributed by atoms with E-state index in [-0.39, 0.29) is 5.97 Å². The van der Waals surface area contributed by atoms with Crippen molar-refractivity contribution in [3.63, 3.8) is 0 Å². The molecule has 1 aliphatic rings. The smallest absolute Gasteiger partial charge is 0.336 e. The molecule has 0 atom stereocenters. The molecule has 3 rings (SSSR count). The van der Waals surface area contributed by atoms with Gasteiger partial charge < -0.3 is 4.74 Å². The molecule has 0 spiro atoms. The molecule has 0 bridgehead atoms. The topological polar surface area (TPSA) is 52.1 Å². The number of cyclic esters (lactones) is 1. The molecular weight excluding hydrogens is 240 g/mol. The van der Waals surface area contributed by atoms with Gasteiger partial charge in [-0.2, -0.15) is 0 Å². The number of allylic oxidation sites excluding steroid dienone is 1. The summed E-state index contributed by atoms with van der Waals surface area (Å²) < 4.78 is 5.22. The number of carbonyl (C=O) groups is 1. The van der Waals surface area contributed by atoms with Gasteiger partial charge in [-0.15, -0.1) is 0 Å². The van der Waals surface area contributed by atoms with Crippen LogP contribution in [0.4, 0.5) is 0 Å². The van der Waals surface area contributed by atoms with Gasteiger partial charge in [0.05, 0.1) is 0 Å². The van der Waals surface area contributed by atoms with E-state index in [9.17, 15) is 4.79 Å². The van der Waals surface area contributed by atoms with Crippen molar-refractivity contribution in [2.24, 2.45) is 0 Å². The highest BCUT2D eigenvalue weighted by Crippen LogP contribution is 2.29. The molecule has 0 saturated heterocycles. The van der Waals surface area contributed by atoms with Crippen molar-refractivity contribution in [3.05, 3.63) is 78.1 Å². The van der Waals surface area contributed by atoms with Crippen molar-refractivity contribution in [2.45, 2.75) is 0 Å². The molecular formula is C15H10N2O2. The third-order valence-electron chi connectivity index (χ3n) is 2.77. The van der Waals surface area contributed by atoms with Gasteiger partial charge in [0.1, 0.15) is 5.76 Å². The fourth-order valence-electron chi connectivity index (χ4n) is 1.94. The van der Waals surface area contributed by atoms with E-state index >= 15 is 0 Å². The first-order chi connectivity index (χ1) is 9.34. The van der Waals surface area contributed by atoms with Crippen molar-refractivity contribution < 1.29 is 9.53 Å². The predicted octanol–water partition coefficient (Wildman–Crippen LogP) is 2.35. The van der Waals surface area contributed by atoms with Crippen molar-refractivity contribution in [2.75, 3.05) is 0 Å². The molecule has 0 aromatic carbocycles. The summed E-state index contributed by atoms with van der Waals surface area (Å²) in [5, 5.41) is 0. The van der Waals surface area contributed by atoms with Crippen LogP contribution in [0.1, 0.15) is 11.1 Å². The molecule has 0 unspecified atom stereocenters. The Morgan fingerprint density at radius 2 is 1.37 bits per heavy atom. The van der Waals surface area contributed by atoms with Gasteiger partial charge in [0.2, 0.25) is 0 Å². The summed E-state index contributed by atoms with van der Waals surface area (Å²) in [6.07, 6.45) is 9.92. The molecule has 4 nitrogen and oxygen atoms in total. The molecule has 0 fully saturated rings. The van der Waals surface area contributed by atoms with E-state index in [1.165, 1.54) is 6.08 Å². The summed E-state index contributed by atoms with van der Waals surface area (Å²) in [6, 6.07) is 7.51. The summed E-state index contributed by atoms with van der Waals surface area (Å²) in [4.78, 5) is 19.3. The SMILES string of the molecule is O=C1C=CC(=C(c2ccncc2)c2ccncc2)O1. The van der Waals surface area contributed by atoms with Crippen LogP contribution in [-0.2, 0) is 9.53 Å². The van der Waals surface area contributed by atoms with Crippen LogP contribution in [0.25, 0.3) is 5.57 Å². The molecule has 0 radical (unpaired) electrons. The summed E-state index contributed by atoms with van der Waals surface area (Å²) in [6.45, 7) is 0. The Labute approximate surface area is 110 Å². The van der Waals surface area contributed by atoms with Crippen molar-refractivity contribution in [1.82, 2.24) is 9.97 Å². The lowest BCUT2D eigenvalue weighted by Gasteiger charge is -2.10. The predicted molar refractivity (Wildman–Crippen MR) is 69.7 cm³/mol. The molecule has 2 aromatic rings. The third kappa shape index (κ3) is 2.28. The standard InChI is InChI=1S/C15H10N2O2/c18-14-2-1-13(19-14)15(11-3-7-16-8-4-11)12-5-9-17-10-6-12/h1-10H. The minimum atomic E-state index is -0.351. The lowest BCUT2D eigenvalue weighted by molar-refractivity contribution is -0.132. The second-order valence-corrected chi connectivity index (χ2v) is 3.97. The monoisotopic (exact) mass is 250 g/mol. The normalized spacial score (nSPS) is 13.5. The second-order valence-electron chi connectivity index (χ2n) is 3.97. The van der Waals surface area contributed by atoms with E-state index in [0.29, 0.717) is 5.76 Å². The van der Waals surface area contributed by atoms with E-state index in [1.54, 1.807) is 30.9 Å². The van der Waals surface area contributed by atoms with E-state index in [0.717, 1.165) is 16.7 Å². The van der Waals surface area contributed by atoms with Gasteiger partial charge in [-0.3, -0.25) is 9.97 Å². The second kappa shape index (κ2) is 4.86. The maximum atomic E-state index is 11.3.